The molecule has 3 heterocycles. The van der Waals surface area contributed by atoms with E-state index < -0.39 is 106 Å². The van der Waals surface area contributed by atoms with E-state index in [2.05, 4.69) is 56.5 Å². The smallest absolute Gasteiger partial charge is 0.300 e. The van der Waals surface area contributed by atoms with E-state index >= 15 is 0 Å². The molecule has 2 atom stereocenters. The summed E-state index contributed by atoms with van der Waals surface area (Å²) in [5, 5.41) is 18.7. The van der Waals surface area contributed by atoms with Gasteiger partial charge in [0.2, 0.25) is 22.5 Å². The number of nitrogens with one attached hydrogen (secondary N) is 6. The second-order valence-electron chi connectivity index (χ2n) is 14.6. The van der Waals surface area contributed by atoms with Crippen LogP contribution in [-0.2, 0) is 40.5 Å². The van der Waals surface area contributed by atoms with Crippen LogP contribution in [0.3, 0.4) is 0 Å². The zero-order valence-corrected chi connectivity index (χ0v) is 41.2. The van der Waals surface area contributed by atoms with Gasteiger partial charge in [0.1, 0.15) is 37.0 Å². The van der Waals surface area contributed by atoms with Gasteiger partial charge in [-0.3, -0.25) is 23.6 Å². The largest absolute Gasteiger partial charge is 0.450 e. The number of nitrogens with zero attached hydrogens (tertiary/aromatic N) is 6. The molecule has 2 aliphatic rings. The summed E-state index contributed by atoms with van der Waals surface area (Å²) in [5.41, 5.74) is 4.42. The number of benzene rings is 4. The highest BCUT2D eigenvalue weighted by Gasteiger charge is 2.35. The number of rotatable bonds is 15. The lowest BCUT2D eigenvalue weighted by Crippen LogP contribution is -2.42. The molecule has 0 aliphatic carbocycles. The van der Waals surface area contributed by atoms with E-state index in [-0.39, 0.29) is 80.0 Å². The molecule has 0 saturated carbocycles. The third-order valence-corrected chi connectivity index (χ3v) is 13.9. The Hall–Kier alpha value is -5.97. The number of anilines is 5. The van der Waals surface area contributed by atoms with E-state index in [9.17, 15) is 51.9 Å². The van der Waals surface area contributed by atoms with Crippen LogP contribution < -0.4 is 52.5 Å². The van der Waals surface area contributed by atoms with Crippen molar-refractivity contribution in [3.05, 3.63) is 68.5 Å². The van der Waals surface area contributed by atoms with Crippen molar-refractivity contribution in [3.8, 4) is 23.0 Å². The maximum atomic E-state index is 13.0. The van der Waals surface area contributed by atoms with Gasteiger partial charge in [-0.05, 0) is 79.5 Å². The predicted octanol–water partition coefficient (Wildman–Crippen LogP) is 4.47. The fourth-order valence-corrected chi connectivity index (χ4v) is 10.0. The summed E-state index contributed by atoms with van der Waals surface area (Å²) in [6, 6.07) is 5.97. The Morgan fingerprint density at radius 2 is 1.19 bits per heavy atom. The Morgan fingerprint density at radius 1 is 0.686 bits per heavy atom. The van der Waals surface area contributed by atoms with Gasteiger partial charge in [-0.1, -0.05) is 23.2 Å². The highest BCUT2D eigenvalue weighted by Crippen LogP contribution is 2.49. The average molecular weight is 1130 g/mol. The fourth-order valence-electron chi connectivity index (χ4n) is 6.54. The molecule has 2 unspecified atom stereocenters. The number of hydrogen-bond acceptors (Lipinski definition) is 20. The highest BCUT2D eigenvalue weighted by molar-refractivity contribution is 7.87. The molecule has 0 amide bonds. The van der Waals surface area contributed by atoms with E-state index in [0.717, 1.165) is 6.07 Å². The lowest BCUT2D eigenvalue weighted by molar-refractivity contribution is 0.428. The Bertz CT molecular complexity index is 3690. The zero-order valence-electron chi connectivity index (χ0n) is 34.9. The number of aromatic nitrogens is 3. The van der Waals surface area contributed by atoms with Crippen molar-refractivity contribution >= 4 is 138 Å². The lowest BCUT2D eigenvalue weighted by Gasteiger charge is -2.24. The van der Waals surface area contributed by atoms with Gasteiger partial charge in [-0.25, -0.2) is 9.98 Å². The molecule has 35 heteroatoms. The second kappa shape index (κ2) is 19.3. The molecule has 0 spiro atoms. The minimum Gasteiger partial charge on any atom is -0.450 e. The molecular formula is C35H31Cl4N13O14S4. The molecule has 1 aromatic heterocycles. The minimum absolute atomic E-state index is 0.0141. The van der Waals surface area contributed by atoms with E-state index in [4.69, 9.17) is 67.0 Å². The van der Waals surface area contributed by atoms with Gasteiger partial charge < -0.3 is 41.8 Å². The second-order valence-corrected chi connectivity index (χ2v) is 21.5. The summed E-state index contributed by atoms with van der Waals surface area (Å²) in [4.78, 5) is 21.1. The fraction of sp³-hybridized carbons (Fsp3) is 0.171. The van der Waals surface area contributed by atoms with Crippen LogP contribution in [0.25, 0.3) is 0 Å². The van der Waals surface area contributed by atoms with Crippen molar-refractivity contribution in [1.29, 1.82) is 5.41 Å². The van der Waals surface area contributed by atoms with Crippen LogP contribution >= 0.6 is 46.4 Å². The maximum Gasteiger partial charge on any atom is 0.300 e. The Labute approximate surface area is 415 Å². The van der Waals surface area contributed by atoms with E-state index in [1.165, 1.54) is 24.3 Å². The first-order valence-corrected chi connectivity index (χ1v) is 26.3. The molecule has 0 saturated heterocycles. The molecule has 0 radical (unpaired) electrons. The van der Waals surface area contributed by atoms with Crippen molar-refractivity contribution in [3.63, 3.8) is 0 Å². The third-order valence-electron chi connectivity index (χ3n) is 9.38. The van der Waals surface area contributed by atoms with Gasteiger partial charge in [-0.2, -0.15) is 53.6 Å². The van der Waals surface area contributed by atoms with Crippen LogP contribution in [0, 0.1) is 5.41 Å². The Morgan fingerprint density at radius 3 is 1.66 bits per heavy atom. The first-order chi connectivity index (χ1) is 32.5. The summed E-state index contributed by atoms with van der Waals surface area (Å²) in [6.45, 7) is 3.02. The number of ether oxygens (including phenoxy) is 2. The number of halogens is 4. The van der Waals surface area contributed by atoms with Gasteiger partial charge >= 0.3 is 0 Å². The number of guanidine groups is 1. The monoisotopic (exact) mass is 1120 g/mol. The van der Waals surface area contributed by atoms with Crippen LogP contribution in [-0.4, -0.2) is 103 Å². The van der Waals surface area contributed by atoms with Crippen molar-refractivity contribution < 1.29 is 61.4 Å². The van der Waals surface area contributed by atoms with Gasteiger partial charge in [0, 0.05) is 25.2 Å². The Kier molecular flexibility index (Phi) is 14.3. The number of fused-ring (bicyclic) bond motifs is 4. The van der Waals surface area contributed by atoms with Gasteiger partial charge in [0.15, 0.2) is 38.7 Å². The predicted molar refractivity (Wildman–Crippen MR) is 253 cm³/mol. The molecule has 7 rings (SSSR count). The normalized spacial score (nSPS) is 14.1. The average Bonchev–Trinajstić information content (AvgIpc) is 3.23. The topological polar surface area (TPSA) is 422 Å². The molecule has 0 bridgehead atoms. The van der Waals surface area contributed by atoms with Crippen molar-refractivity contribution in [2.24, 2.45) is 20.7 Å². The van der Waals surface area contributed by atoms with Crippen molar-refractivity contribution in [2.75, 3.05) is 34.4 Å². The van der Waals surface area contributed by atoms with E-state index in [0.29, 0.717) is 12.1 Å². The Balaban J connectivity index is 1.15. The quantitative estimate of drug-likeness (QED) is 0.0292. The third kappa shape index (κ3) is 11.3. The number of aliphatic imine (C=N–C) groups is 1. The van der Waals surface area contributed by atoms with Crippen LogP contribution in [0.1, 0.15) is 13.8 Å². The summed E-state index contributed by atoms with van der Waals surface area (Å²) in [7, 11) is -20.0. The SMILES string of the molecule is CC(CNc1ccc2c(c1S(=O)(=O)O)Oc1c(Cl)c3c(c(Cl)c1=N2)Oc1c(ccc(NCC(C)Nc2nc(Cl)nc(Nc4cc(S(=O)(=O)O)ccc4S(=O)(=O)O)n2)c1S(=O)(=O)O)N=3)N/C(N)=N/C(=N)Cl. The van der Waals surface area contributed by atoms with Crippen LogP contribution in [0.15, 0.2) is 77.0 Å². The number of hydrogen-bond donors (Lipinski definition) is 11. The van der Waals surface area contributed by atoms with Crippen LogP contribution in [0.2, 0.25) is 15.3 Å². The molecule has 4 aromatic carbocycles. The van der Waals surface area contributed by atoms with Crippen molar-refractivity contribution in [2.45, 2.75) is 45.5 Å². The molecule has 372 valence electrons. The molecular weight excluding hydrogens is 1100 g/mol. The summed E-state index contributed by atoms with van der Waals surface area (Å²) < 4.78 is 151. The standard InChI is InChI=1S/C35H31Cl4N13O14S4/c1-12(44-33(41)49-31(38)40)10-42-17-6-4-15-25(29(17)69(59,60)61)65-27-21(36)24-28(22(37)23(27)46-15)66-26-16(47-24)5-7-18(30(26)70(62,63)64)43-11-13(2)45-34-50-32(39)51-35(52-34)48-19-9-14(67(53,54)55)3-8-20(19)68(56,57)58/h3-9,12-13,42-43H,10-11H2,1-2H3,(H,53,54,55)(H,56,57,58)(H,59,60,61)(H,62,63,64)(H4,40,41,44,49)(H2,45,48,50,51,52). The number of nitrogens with two attached hydrogens (primary N) is 1. The molecule has 70 heavy (non-hydrogen) atoms. The van der Waals surface area contributed by atoms with Gasteiger partial charge in [0.25, 0.3) is 40.5 Å². The van der Waals surface area contributed by atoms with Gasteiger partial charge in [0.05, 0.1) is 22.0 Å². The van der Waals surface area contributed by atoms with E-state index in [1.807, 2.05) is 0 Å². The van der Waals surface area contributed by atoms with Crippen molar-refractivity contribution in [1.82, 2.24) is 20.3 Å². The van der Waals surface area contributed by atoms with Crippen LogP contribution in [0.5, 0.6) is 23.0 Å². The lowest BCUT2D eigenvalue weighted by atomic mass is 10.2. The summed E-state index contributed by atoms with van der Waals surface area (Å²) in [5.74, 6) is -2.56. The molecule has 12 N–H and O–H groups in total. The summed E-state index contributed by atoms with van der Waals surface area (Å²) in [6.07, 6.45) is 0. The zero-order chi connectivity index (χ0) is 51.4. The summed E-state index contributed by atoms with van der Waals surface area (Å²) >= 11 is 25.1. The molecule has 5 aromatic rings. The number of amidine groups is 1. The molecule has 0 fully saturated rings. The minimum atomic E-state index is -5.16. The van der Waals surface area contributed by atoms with E-state index in [1.54, 1.807) is 13.8 Å². The van der Waals surface area contributed by atoms with Gasteiger partial charge in [-0.15, -0.1) is 0 Å². The maximum absolute atomic E-state index is 13.0. The van der Waals surface area contributed by atoms with Crippen LogP contribution in [0.4, 0.5) is 40.3 Å². The first-order valence-electron chi connectivity index (χ1n) is 19.0. The first kappa shape index (κ1) is 51.9. The molecule has 27 nitrogen and oxygen atoms in total. The highest BCUT2D eigenvalue weighted by atomic mass is 35.5. The molecule has 2 aliphatic heterocycles.